The number of carbonyl (C=O) groups excluding carboxylic acids is 1. The van der Waals surface area contributed by atoms with Gasteiger partial charge in [0.1, 0.15) is 23.7 Å². The normalized spacial score (nSPS) is 49.7. The summed E-state index contributed by atoms with van der Waals surface area (Å²) in [4.78, 5) is 12.7. The molecule has 1 aromatic rings. The van der Waals surface area contributed by atoms with Crippen LogP contribution in [0.1, 0.15) is 111 Å². The van der Waals surface area contributed by atoms with Crippen molar-refractivity contribution in [1.29, 1.82) is 0 Å². The Morgan fingerprint density at radius 3 is 2.37 bits per heavy atom. The minimum absolute atomic E-state index is 0.00899. The summed E-state index contributed by atoms with van der Waals surface area (Å²) in [5, 5.41) is 46.9. The number of ether oxygens (including phenoxy) is 7. The number of benzene rings is 1. The van der Waals surface area contributed by atoms with Crippen molar-refractivity contribution in [3.05, 3.63) is 47.2 Å². The maximum absolute atomic E-state index is 12.9. The van der Waals surface area contributed by atoms with Crippen molar-refractivity contribution in [2.45, 2.75) is 179 Å². The van der Waals surface area contributed by atoms with Gasteiger partial charge in [0.25, 0.3) is 0 Å². The highest BCUT2D eigenvalue weighted by molar-refractivity contribution is 5.90. The number of fused-ring (bicyclic) bond motifs is 6. The number of esters is 1. The molecule has 0 bridgehead atoms. The predicted molar refractivity (Wildman–Crippen MR) is 206 cm³/mol. The van der Waals surface area contributed by atoms with E-state index >= 15 is 0 Å². The molecule has 4 N–H and O–H groups in total. The van der Waals surface area contributed by atoms with Gasteiger partial charge in [-0.1, -0.05) is 32.0 Å². The van der Waals surface area contributed by atoms with Crippen LogP contribution in [0.4, 0.5) is 0 Å². The number of aliphatic hydroxyl groups excluding tert-OH is 2. The van der Waals surface area contributed by atoms with E-state index in [0.29, 0.717) is 54.9 Å². The molecule has 4 heterocycles. The number of cyclic esters (lactones) is 1. The van der Waals surface area contributed by atoms with E-state index in [9.17, 15) is 25.2 Å². The molecule has 9 rings (SSSR count). The van der Waals surface area contributed by atoms with Crippen molar-refractivity contribution in [2.75, 3.05) is 0 Å². The van der Waals surface area contributed by atoms with Crippen LogP contribution in [0.5, 0.6) is 5.75 Å². The summed E-state index contributed by atoms with van der Waals surface area (Å²) in [5.74, 6) is -0.478. The van der Waals surface area contributed by atoms with E-state index in [1.807, 2.05) is 40.7 Å². The number of hydrogen-bond donors (Lipinski definition) is 4. The van der Waals surface area contributed by atoms with E-state index in [4.69, 9.17) is 33.2 Å². The second-order valence-electron chi connectivity index (χ2n) is 19.5. The van der Waals surface area contributed by atoms with E-state index in [0.717, 1.165) is 32.1 Å². The van der Waals surface area contributed by atoms with Gasteiger partial charge in [-0.15, -0.1) is 0 Å². The fourth-order valence-corrected chi connectivity index (χ4v) is 13.1. The number of rotatable bonds is 6. The first-order chi connectivity index (χ1) is 27.0. The second-order valence-corrected chi connectivity index (χ2v) is 19.5. The van der Waals surface area contributed by atoms with Crippen molar-refractivity contribution in [2.24, 2.45) is 34.5 Å². The molecule has 0 radical (unpaired) electrons. The van der Waals surface area contributed by atoms with Gasteiger partial charge in [0.05, 0.1) is 42.2 Å². The highest BCUT2D eigenvalue weighted by Gasteiger charge is 2.71. The molecule has 0 amide bonds. The van der Waals surface area contributed by atoms with Crippen molar-refractivity contribution in [3.8, 4) is 5.75 Å². The fourth-order valence-electron chi connectivity index (χ4n) is 13.1. The maximum Gasteiger partial charge on any atom is 0.336 e. The predicted octanol–water partition coefficient (Wildman–Crippen LogP) is 5.88. The Kier molecular flexibility index (Phi) is 10.1. The van der Waals surface area contributed by atoms with Crippen LogP contribution in [0.25, 0.3) is 6.08 Å². The number of hydrogen-bond acceptors (Lipinski definition) is 12. The maximum atomic E-state index is 12.9. The molecule has 12 heteroatoms. The van der Waals surface area contributed by atoms with Crippen molar-refractivity contribution >= 4 is 12.0 Å². The number of phenolic OH excluding ortho intramolecular Hbond substituents is 1. The number of aromatic hydroxyl groups is 1. The first-order valence-corrected chi connectivity index (χ1v) is 21.5. The van der Waals surface area contributed by atoms with Gasteiger partial charge in [-0.05, 0) is 120 Å². The van der Waals surface area contributed by atoms with Crippen LogP contribution >= 0.6 is 0 Å². The molecular formula is C45H62O12. The highest BCUT2D eigenvalue weighted by Crippen LogP contribution is 2.70. The Hall–Kier alpha value is -2.39. The van der Waals surface area contributed by atoms with Gasteiger partial charge in [0.2, 0.25) is 0 Å². The molecule has 3 saturated heterocycles. The van der Waals surface area contributed by atoms with Gasteiger partial charge in [0.15, 0.2) is 18.4 Å². The van der Waals surface area contributed by atoms with Crippen LogP contribution in [0.3, 0.4) is 0 Å². The number of para-hydroxylation sites is 1. The summed E-state index contributed by atoms with van der Waals surface area (Å²) in [5.41, 5.74) is -0.860. The Balaban J connectivity index is 0.839. The van der Waals surface area contributed by atoms with Crippen LogP contribution in [0.15, 0.2) is 41.7 Å². The zero-order valence-electron chi connectivity index (χ0n) is 34.2. The molecule has 4 saturated carbocycles. The van der Waals surface area contributed by atoms with E-state index in [1.165, 1.54) is 6.08 Å². The third-order valence-corrected chi connectivity index (χ3v) is 16.0. The molecule has 12 nitrogen and oxygen atoms in total. The average molecular weight is 795 g/mol. The summed E-state index contributed by atoms with van der Waals surface area (Å²) in [6.07, 6.45) is 5.98. The SMILES string of the molecule is CC1O[C@@H](O[C@H]2CC[C@@]3(C)[C@H](CC[C@@H]4[C@@H]3C[C@@H](O)[C@]3(C)[C@@H](C5=CC(=O)OC5=Cc5ccccc5O)CC[C@]43O)C2)C[C@@H](O)C1O[C@H]1C[C@H]2OC(C)(C)OC2C(C)O1. The largest absolute Gasteiger partial charge is 0.507 e. The molecule has 0 aromatic heterocycles. The second kappa shape index (κ2) is 14.4. The van der Waals surface area contributed by atoms with Crippen LogP contribution in [0.2, 0.25) is 0 Å². The van der Waals surface area contributed by atoms with E-state index in [-0.39, 0.29) is 53.3 Å². The molecule has 0 spiro atoms. The van der Waals surface area contributed by atoms with E-state index < -0.39 is 59.8 Å². The smallest absolute Gasteiger partial charge is 0.336 e. The molecule has 4 unspecified atom stereocenters. The Morgan fingerprint density at radius 1 is 0.842 bits per heavy atom. The lowest BCUT2D eigenvalue weighted by atomic mass is 9.42. The standard InChI is InChI=1S/C45H62O12/c1-23-40(55-39-22-35-41(24(2)52-39)57-42(3,4)56-35)33(47)21-38(51-23)53-27-13-15-43(5)26(18-27)11-12-30-31(43)20-36(48)44(6)29(14-16-45(30,44)50)28-19-37(49)54-34(28)17-25-9-7-8-10-32(25)46/h7-10,17,19,23-24,26-27,29-31,33,35-36,38-41,46-48,50H,11-16,18,20-22H2,1-6H3/t23?,24?,26-,27+,29-,30-,31+,33-,35-,36-,38+,39+,40?,41?,43+,44+,45+/m1/s1. The molecule has 7 fully saturated rings. The topological polar surface area (TPSA) is 163 Å². The summed E-state index contributed by atoms with van der Waals surface area (Å²) in [6.45, 7) is 12.1. The number of phenols is 1. The van der Waals surface area contributed by atoms with Crippen molar-refractivity contribution in [3.63, 3.8) is 0 Å². The quantitative estimate of drug-likeness (QED) is 0.200. The lowest BCUT2D eigenvalue weighted by Crippen LogP contribution is -2.67. The molecule has 1 aromatic carbocycles. The highest BCUT2D eigenvalue weighted by atomic mass is 16.8. The third-order valence-electron chi connectivity index (χ3n) is 16.0. The molecule has 314 valence electrons. The third kappa shape index (κ3) is 6.64. The molecule has 4 aliphatic heterocycles. The Morgan fingerprint density at radius 2 is 1.60 bits per heavy atom. The Bertz CT molecular complexity index is 1770. The zero-order chi connectivity index (χ0) is 40.2. The minimum Gasteiger partial charge on any atom is -0.507 e. The van der Waals surface area contributed by atoms with Gasteiger partial charge >= 0.3 is 5.97 Å². The molecular weight excluding hydrogens is 732 g/mol. The number of allylic oxidation sites excluding steroid dienone is 1. The summed E-state index contributed by atoms with van der Waals surface area (Å²) in [7, 11) is 0. The van der Waals surface area contributed by atoms with Crippen molar-refractivity contribution < 1.29 is 58.4 Å². The van der Waals surface area contributed by atoms with Crippen LogP contribution in [-0.2, 0) is 38.0 Å². The first-order valence-electron chi connectivity index (χ1n) is 21.5. The van der Waals surface area contributed by atoms with Crippen LogP contribution in [-0.4, -0.2) is 99.2 Å². The summed E-state index contributed by atoms with van der Waals surface area (Å²) in [6, 6.07) is 6.91. The van der Waals surface area contributed by atoms with Gasteiger partial charge in [-0.25, -0.2) is 4.79 Å². The monoisotopic (exact) mass is 794 g/mol. The van der Waals surface area contributed by atoms with Gasteiger partial charge < -0.3 is 53.6 Å². The summed E-state index contributed by atoms with van der Waals surface area (Å²) < 4.78 is 43.3. The van der Waals surface area contributed by atoms with Gasteiger partial charge in [-0.2, -0.15) is 0 Å². The molecule has 4 aliphatic carbocycles. The number of aliphatic hydroxyl groups is 3. The van der Waals surface area contributed by atoms with E-state index in [2.05, 4.69) is 6.92 Å². The van der Waals surface area contributed by atoms with Crippen LogP contribution in [0, 0.1) is 34.5 Å². The molecule has 8 aliphatic rings. The summed E-state index contributed by atoms with van der Waals surface area (Å²) >= 11 is 0. The first kappa shape index (κ1) is 40.0. The number of carbonyl (C=O) groups is 1. The Labute approximate surface area is 335 Å². The van der Waals surface area contributed by atoms with Crippen molar-refractivity contribution in [1.82, 2.24) is 0 Å². The lowest BCUT2D eigenvalue weighted by Gasteiger charge is -2.65. The van der Waals surface area contributed by atoms with Gasteiger partial charge in [0, 0.05) is 35.5 Å². The molecule has 57 heavy (non-hydrogen) atoms. The zero-order valence-corrected chi connectivity index (χ0v) is 34.2. The minimum atomic E-state index is -1.12. The fraction of sp³-hybridized carbons (Fsp3) is 0.756. The van der Waals surface area contributed by atoms with Gasteiger partial charge in [-0.3, -0.25) is 0 Å². The van der Waals surface area contributed by atoms with Crippen LogP contribution < -0.4 is 0 Å². The average Bonchev–Trinajstić information content (AvgIpc) is 3.77. The van der Waals surface area contributed by atoms with E-state index in [1.54, 1.807) is 24.3 Å². The lowest BCUT2D eigenvalue weighted by molar-refractivity contribution is -0.313. The molecule has 17 atom stereocenters.